The maximum absolute atomic E-state index is 12.1. The van der Waals surface area contributed by atoms with Crippen LogP contribution in [0.4, 0.5) is 4.79 Å². The largest absolute Gasteiger partial charge is 0.343 e. The Labute approximate surface area is 123 Å². The van der Waals surface area contributed by atoms with Gasteiger partial charge in [0, 0.05) is 31.5 Å². The van der Waals surface area contributed by atoms with E-state index in [0.29, 0.717) is 25.5 Å². The van der Waals surface area contributed by atoms with Crippen LogP contribution in [0, 0.1) is 0 Å². The maximum Gasteiger partial charge on any atom is 0.317 e. The SMILES string of the molecule is CCNC(=O)N1CC(c2ccccc2)C(c2ncon2)C1. The van der Waals surface area contributed by atoms with Crippen LogP contribution in [0.2, 0.25) is 0 Å². The summed E-state index contributed by atoms with van der Waals surface area (Å²) < 4.78 is 4.87. The number of urea groups is 1. The molecule has 21 heavy (non-hydrogen) atoms. The zero-order chi connectivity index (χ0) is 14.7. The molecule has 3 rings (SSSR count). The van der Waals surface area contributed by atoms with Crippen molar-refractivity contribution in [3.8, 4) is 0 Å². The smallest absolute Gasteiger partial charge is 0.317 e. The molecule has 2 heterocycles. The van der Waals surface area contributed by atoms with Crippen molar-refractivity contribution in [2.45, 2.75) is 18.8 Å². The lowest BCUT2D eigenvalue weighted by Crippen LogP contribution is -2.38. The second-order valence-corrected chi connectivity index (χ2v) is 5.15. The lowest BCUT2D eigenvalue weighted by atomic mass is 9.88. The van der Waals surface area contributed by atoms with Crippen molar-refractivity contribution in [2.75, 3.05) is 19.6 Å². The topological polar surface area (TPSA) is 71.3 Å². The Morgan fingerprint density at radius 1 is 1.33 bits per heavy atom. The third-order valence-corrected chi connectivity index (χ3v) is 3.87. The first kappa shape index (κ1) is 13.6. The molecule has 0 bridgehead atoms. The summed E-state index contributed by atoms with van der Waals surface area (Å²) in [6.45, 7) is 3.80. The van der Waals surface area contributed by atoms with Gasteiger partial charge in [0.15, 0.2) is 5.82 Å². The molecule has 2 unspecified atom stereocenters. The van der Waals surface area contributed by atoms with Crippen molar-refractivity contribution in [2.24, 2.45) is 0 Å². The number of carbonyl (C=O) groups excluding carboxylic acids is 1. The molecule has 0 spiro atoms. The molecule has 1 fully saturated rings. The molecule has 6 heteroatoms. The number of likely N-dealkylation sites (tertiary alicyclic amines) is 1. The fourth-order valence-electron chi connectivity index (χ4n) is 2.87. The summed E-state index contributed by atoms with van der Waals surface area (Å²) in [6, 6.07) is 10.1. The Balaban J connectivity index is 1.86. The van der Waals surface area contributed by atoms with E-state index in [0.717, 1.165) is 0 Å². The highest BCUT2D eigenvalue weighted by atomic mass is 16.5. The second-order valence-electron chi connectivity index (χ2n) is 5.15. The quantitative estimate of drug-likeness (QED) is 0.936. The molecule has 2 atom stereocenters. The number of rotatable bonds is 3. The van der Waals surface area contributed by atoms with Gasteiger partial charge in [0.05, 0.1) is 0 Å². The van der Waals surface area contributed by atoms with Gasteiger partial charge in [-0.15, -0.1) is 0 Å². The van der Waals surface area contributed by atoms with E-state index in [-0.39, 0.29) is 17.9 Å². The molecule has 2 aromatic rings. The summed E-state index contributed by atoms with van der Waals surface area (Å²) in [5.74, 6) is 0.913. The third kappa shape index (κ3) is 2.74. The van der Waals surface area contributed by atoms with Gasteiger partial charge >= 0.3 is 6.03 Å². The van der Waals surface area contributed by atoms with Crippen molar-refractivity contribution < 1.29 is 9.32 Å². The number of amides is 2. The van der Waals surface area contributed by atoms with E-state index < -0.39 is 0 Å². The van der Waals surface area contributed by atoms with Crippen LogP contribution in [0.15, 0.2) is 41.2 Å². The van der Waals surface area contributed by atoms with Gasteiger partial charge in [-0.1, -0.05) is 35.5 Å². The van der Waals surface area contributed by atoms with E-state index in [1.807, 2.05) is 30.0 Å². The van der Waals surface area contributed by atoms with Crippen molar-refractivity contribution >= 4 is 6.03 Å². The lowest BCUT2D eigenvalue weighted by Gasteiger charge is -2.16. The number of aromatic nitrogens is 2. The highest BCUT2D eigenvalue weighted by molar-refractivity contribution is 5.74. The Hall–Kier alpha value is -2.37. The highest BCUT2D eigenvalue weighted by Crippen LogP contribution is 2.38. The third-order valence-electron chi connectivity index (χ3n) is 3.87. The minimum Gasteiger partial charge on any atom is -0.343 e. The minimum atomic E-state index is -0.0376. The van der Waals surface area contributed by atoms with E-state index in [9.17, 15) is 4.79 Å². The van der Waals surface area contributed by atoms with Gasteiger partial charge in [-0.3, -0.25) is 0 Å². The van der Waals surface area contributed by atoms with Crippen LogP contribution < -0.4 is 5.32 Å². The molecular formula is C15H18N4O2. The first-order valence-electron chi connectivity index (χ1n) is 7.13. The predicted octanol–water partition coefficient (Wildman–Crippen LogP) is 1.98. The Kier molecular flexibility index (Phi) is 3.85. The Bertz CT molecular complexity index is 585. The van der Waals surface area contributed by atoms with Crippen molar-refractivity contribution in [1.82, 2.24) is 20.4 Å². The van der Waals surface area contributed by atoms with Crippen LogP contribution in [-0.2, 0) is 0 Å². The Morgan fingerprint density at radius 2 is 2.10 bits per heavy atom. The lowest BCUT2D eigenvalue weighted by molar-refractivity contribution is 0.208. The standard InChI is InChI=1S/C15H18N4O2/c1-2-16-15(20)19-8-12(11-6-4-3-5-7-11)13(9-19)14-17-10-21-18-14/h3-7,10,12-13H,2,8-9H2,1H3,(H,16,20). The van der Waals surface area contributed by atoms with Gasteiger partial charge in [0.25, 0.3) is 0 Å². The summed E-state index contributed by atoms with van der Waals surface area (Å²) in [5.41, 5.74) is 1.19. The molecule has 2 amide bonds. The van der Waals surface area contributed by atoms with Gasteiger partial charge in [0.1, 0.15) is 0 Å². The van der Waals surface area contributed by atoms with E-state index >= 15 is 0 Å². The Morgan fingerprint density at radius 3 is 2.76 bits per heavy atom. The van der Waals surface area contributed by atoms with Crippen LogP contribution in [0.1, 0.15) is 30.1 Å². The molecule has 1 aliphatic heterocycles. The number of hydrogen-bond acceptors (Lipinski definition) is 4. The first-order chi connectivity index (χ1) is 10.3. The molecule has 6 nitrogen and oxygen atoms in total. The fourth-order valence-corrected chi connectivity index (χ4v) is 2.87. The molecule has 1 aliphatic rings. The highest BCUT2D eigenvalue weighted by Gasteiger charge is 2.39. The average molecular weight is 286 g/mol. The van der Waals surface area contributed by atoms with E-state index in [2.05, 4.69) is 27.6 Å². The summed E-state index contributed by atoms with van der Waals surface area (Å²) in [4.78, 5) is 18.1. The predicted molar refractivity (Wildman–Crippen MR) is 76.9 cm³/mol. The van der Waals surface area contributed by atoms with Gasteiger partial charge < -0.3 is 14.7 Å². The van der Waals surface area contributed by atoms with Crippen LogP contribution >= 0.6 is 0 Å². The number of hydrogen-bond donors (Lipinski definition) is 1. The number of nitrogens with zero attached hydrogens (tertiary/aromatic N) is 3. The van der Waals surface area contributed by atoms with Crippen molar-refractivity contribution in [3.05, 3.63) is 48.1 Å². The van der Waals surface area contributed by atoms with Crippen LogP contribution in [-0.4, -0.2) is 40.7 Å². The minimum absolute atomic E-state index is 0.0376. The molecule has 110 valence electrons. The molecule has 1 aromatic heterocycles. The van der Waals surface area contributed by atoms with E-state index in [1.165, 1.54) is 12.0 Å². The summed E-state index contributed by atoms with van der Waals surface area (Å²) in [6.07, 6.45) is 1.34. The summed E-state index contributed by atoms with van der Waals surface area (Å²) in [7, 11) is 0. The summed E-state index contributed by atoms with van der Waals surface area (Å²) >= 11 is 0. The maximum atomic E-state index is 12.1. The van der Waals surface area contributed by atoms with Crippen LogP contribution in [0.3, 0.4) is 0 Å². The van der Waals surface area contributed by atoms with Gasteiger partial charge in [-0.05, 0) is 12.5 Å². The van der Waals surface area contributed by atoms with Crippen LogP contribution in [0.25, 0.3) is 0 Å². The number of carbonyl (C=O) groups is 1. The number of nitrogens with one attached hydrogen (secondary N) is 1. The summed E-state index contributed by atoms with van der Waals surface area (Å²) in [5, 5.41) is 6.82. The van der Waals surface area contributed by atoms with E-state index in [1.54, 1.807) is 0 Å². The zero-order valence-corrected chi connectivity index (χ0v) is 11.9. The zero-order valence-electron chi connectivity index (χ0n) is 11.9. The fraction of sp³-hybridized carbons (Fsp3) is 0.400. The van der Waals surface area contributed by atoms with Crippen LogP contribution in [0.5, 0.6) is 0 Å². The number of benzene rings is 1. The molecule has 0 saturated carbocycles. The molecule has 1 aromatic carbocycles. The normalized spacial score (nSPS) is 21.5. The molecule has 0 aliphatic carbocycles. The first-order valence-corrected chi connectivity index (χ1v) is 7.13. The molecular weight excluding hydrogens is 268 g/mol. The molecule has 1 saturated heterocycles. The monoisotopic (exact) mass is 286 g/mol. The van der Waals surface area contributed by atoms with Crippen molar-refractivity contribution in [3.63, 3.8) is 0 Å². The average Bonchev–Trinajstić information content (AvgIpc) is 3.17. The van der Waals surface area contributed by atoms with Gasteiger partial charge in [-0.25, -0.2) is 4.79 Å². The second kappa shape index (κ2) is 5.95. The molecule has 1 N–H and O–H groups in total. The van der Waals surface area contributed by atoms with E-state index in [4.69, 9.17) is 4.52 Å². The van der Waals surface area contributed by atoms with Gasteiger partial charge in [0.2, 0.25) is 6.39 Å². The van der Waals surface area contributed by atoms with Gasteiger partial charge in [-0.2, -0.15) is 4.98 Å². The molecule has 0 radical (unpaired) electrons. The van der Waals surface area contributed by atoms with Crippen molar-refractivity contribution in [1.29, 1.82) is 0 Å².